The van der Waals surface area contributed by atoms with Crippen LogP contribution in [0.3, 0.4) is 0 Å². The van der Waals surface area contributed by atoms with E-state index in [0.717, 1.165) is 45.3 Å². The standard InChI is InChI=1S/C38H40F2N6O4/c1-2-26-29(39)6-3-21-11-25(47)13-27(32(21)26)33-22(14-41)12-28-35(34(33)40)43-37(44-36(28)46-15-23-4-5-24(16-46)42-23)50-20-38(7-8-38)19-45-17-30-31(18-45)49-10-9-48-30/h1,3,6,12,23-25,27,30-31,42,47H,4-5,7-11,13,15-20H2/t23?,24?,25-,27?,30-,31+/m1/s1. The number of aliphatic hydroxyl groups is 1. The Labute approximate surface area is 289 Å². The number of nitrogens with one attached hydrogen (secondary N) is 1. The highest BCUT2D eigenvalue weighted by atomic mass is 19.1. The number of piperazine rings is 1. The maximum atomic E-state index is 17.3. The Morgan fingerprint density at radius 3 is 2.48 bits per heavy atom. The number of hydrogen-bond donors (Lipinski definition) is 2. The minimum absolute atomic E-state index is 0.0246. The van der Waals surface area contributed by atoms with Crippen LogP contribution in [0.5, 0.6) is 6.01 Å². The Balaban J connectivity index is 1.10. The highest BCUT2D eigenvalue weighted by Gasteiger charge is 2.48. The maximum absolute atomic E-state index is 17.3. The van der Waals surface area contributed by atoms with Crippen LogP contribution in [-0.2, 0) is 15.9 Å². The summed E-state index contributed by atoms with van der Waals surface area (Å²) < 4.78 is 50.6. The molecule has 0 amide bonds. The number of aromatic nitrogens is 2. The van der Waals surface area contributed by atoms with Gasteiger partial charge in [0, 0.05) is 67.1 Å². The van der Waals surface area contributed by atoms with Crippen LogP contribution in [0.25, 0.3) is 10.9 Å². The zero-order chi connectivity index (χ0) is 34.1. The lowest BCUT2D eigenvalue weighted by molar-refractivity contribution is -0.116. The second-order valence-corrected chi connectivity index (χ2v) is 15.1. The molecule has 5 heterocycles. The van der Waals surface area contributed by atoms with Crippen molar-refractivity contribution in [2.75, 3.05) is 57.4 Å². The molecule has 260 valence electrons. The smallest absolute Gasteiger partial charge is 0.319 e. The van der Waals surface area contributed by atoms with Gasteiger partial charge in [0.2, 0.25) is 0 Å². The third kappa shape index (κ3) is 5.58. The van der Waals surface area contributed by atoms with Gasteiger partial charge in [-0.1, -0.05) is 12.0 Å². The predicted molar refractivity (Wildman–Crippen MR) is 180 cm³/mol. The molecule has 1 saturated carbocycles. The number of terminal acetylenes is 1. The lowest BCUT2D eigenvalue weighted by Gasteiger charge is -2.35. The fraction of sp³-hybridized carbons (Fsp3) is 0.553. The van der Waals surface area contributed by atoms with Crippen molar-refractivity contribution in [3.63, 3.8) is 0 Å². The number of nitriles is 1. The van der Waals surface area contributed by atoms with Gasteiger partial charge >= 0.3 is 6.01 Å². The van der Waals surface area contributed by atoms with Gasteiger partial charge in [-0.05, 0) is 61.8 Å². The second kappa shape index (κ2) is 12.4. The lowest BCUT2D eigenvalue weighted by Crippen LogP contribution is -2.51. The van der Waals surface area contributed by atoms with Crippen LogP contribution >= 0.6 is 0 Å². The zero-order valence-corrected chi connectivity index (χ0v) is 27.8. The molecule has 50 heavy (non-hydrogen) atoms. The van der Waals surface area contributed by atoms with Crippen molar-refractivity contribution in [2.24, 2.45) is 5.41 Å². The van der Waals surface area contributed by atoms with E-state index in [1.165, 1.54) is 6.07 Å². The molecule has 0 spiro atoms. The Kier molecular flexibility index (Phi) is 7.94. The fourth-order valence-corrected chi connectivity index (χ4v) is 9.15. The number of anilines is 1. The van der Waals surface area contributed by atoms with Gasteiger partial charge in [0.05, 0.1) is 55.3 Å². The summed E-state index contributed by atoms with van der Waals surface area (Å²) in [4.78, 5) is 14.1. The molecule has 2 aromatic carbocycles. The first-order valence-corrected chi connectivity index (χ1v) is 17.8. The predicted octanol–water partition coefficient (Wildman–Crippen LogP) is 3.40. The summed E-state index contributed by atoms with van der Waals surface area (Å²) in [7, 11) is 0. The van der Waals surface area contributed by atoms with Gasteiger partial charge in [-0.3, -0.25) is 4.90 Å². The third-order valence-corrected chi connectivity index (χ3v) is 11.7. The second-order valence-electron chi connectivity index (χ2n) is 15.1. The van der Waals surface area contributed by atoms with Crippen LogP contribution in [-0.4, -0.2) is 103 Å². The highest BCUT2D eigenvalue weighted by molar-refractivity contribution is 5.92. The molecule has 6 atom stereocenters. The van der Waals surface area contributed by atoms with E-state index in [9.17, 15) is 10.4 Å². The van der Waals surface area contributed by atoms with Gasteiger partial charge < -0.3 is 29.5 Å². The molecule has 4 aliphatic heterocycles. The topological polar surface area (TPSA) is 116 Å². The lowest BCUT2D eigenvalue weighted by atomic mass is 9.74. The van der Waals surface area contributed by atoms with Crippen LogP contribution in [0, 0.1) is 40.7 Å². The number of rotatable bonds is 7. The Hall–Kier alpha value is -3.91. The molecule has 12 heteroatoms. The van der Waals surface area contributed by atoms with Crippen LogP contribution in [0.1, 0.15) is 65.8 Å². The van der Waals surface area contributed by atoms with Crippen molar-refractivity contribution < 1.29 is 28.1 Å². The summed E-state index contributed by atoms with van der Waals surface area (Å²) in [5.41, 5.74) is 1.21. The Morgan fingerprint density at radius 2 is 1.80 bits per heavy atom. The SMILES string of the molecule is C#Cc1c(F)ccc2c1C(c1c(C#N)cc3c(N4CC5CCC(C4)N5)nc(OCC4(CN5C[C@@H]6OCCO[C@@H]6C5)CC4)nc3c1F)C[C@H](O)C2. The summed E-state index contributed by atoms with van der Waals surface area (Å²) >= 11 is 0. The van der Waals surface area contributed by atoms with Crippen molar-refractivity contribution in [1.29, 1.82) is 5.26 Å². The fourth-order valence-electron chi connectivity index (χ4n) is 9.15. The normalized spacial score (nSPS) is 29.7. The number of likely N-dealkylation sites (tertiary alicyclic amines) is 1. The number of nitrogens with zero attached hydrogens (tertiary/aromatic N) is 5. The van der Waals surface area contributed by atoms with E-state index in [1.807, 2.05) is 0 Å². The largest absolute Gasteiger partial charge is 0.463 e. The summed E-state index contributed by atoms with van der Waals surface area (Å²) in [5.74, 6) is 0.834. The first kappa shape index (κ1) is 32.0. The van der Waals surface area contributed by atoms with Gasteiger partial charge in [-0.2, -0.15) is 15.2 Å². The number of halogens is 2. The third-order valence-electron chi connectivity index (χ3n) is 11.7. The molecule has 2 N–H and O–H groups in total. The number of benzene rings is 2. The zero-order valence-electron chi connectivity index (χ0n) is 27.8. The molecule has 3 unspecified atom stereocenters. The van der Waals surface area contributed by atoms with Crippen LogP contribution < -0.4 is 15.0 Å². The molecule has 10 nitrogen and oxygen atoms in total. The van der Waals surface area contributed by atoms with Gasteiger partial charge in [0.25, 0.3) is 0 Å². The van der Waals surface area contributed by atoms with Crippen LogP contribution in [0.15, 0.2) is 18.2 Å². The molecule has 6 aliphatic rings. The molecule has 5 fully saturated rings. The number of hydrogen-bond acceptors (Lipinski definition) is 10. The quantitative estimate of drug-likeness (QED) is 0.360. The van der Waals surface area contributed by atoms with E-state index in [-0.39, 0.29) is 70.8 Å². The van der Waals surface area contributed by atoms with Crippen molar-refractivity contribution in [3.8, 4) is 24.4 Å². The van der Waals surface area contributed by atoms with Crippen molar-refractivity contribution in [1.82, 2.24) is 20.2 Å². The molecule has 4 saturated heterocycles. The highest BCUT2D eigenvalue weighted by Crippen LogP contribution is 2.48. The van der Waals surface area contributed by atoms with Crippen molar-refractivity contribution in [3.05, 3.63) is 57.7 Å². The summed E-state index contributed by atoms with van der Waals surface area (Å²) in [6.45, 7) is 5.51. The first-order valence-electron chi connectivity index (χ1n) is 17.8. The molecule has 1 aromatic heterocycles. The molecule has 0 radical (unpaired) electrons. The number of ether oxygens (including phenoxy) is 3. The number of fused-ring (bicyclic) bond motifs is 5. The van der Waals surface area contributed by atoms with E-state index < -0.39 is 23.7 Å². The molecular weight excluding hydrogens is 642 g/mol. The van der Waals surface area contributed by atoms with Crippen LogP contribution in [0.2, 0.25) is 0 Å². The van der Waals surface area contributed by atoms with E-state index >= 15 is 8.78 Å². The first-order chi connectivity index (χ1) is 24.3. The average molecular weight is 683 g/mol. The van der Waals surface area contributed by atoms with Gasteiger partial charge in [0.15, 0.2) is 5.82 Å². The van der Waals surface area contributed by atoms with E-state index in [4.69, 9.17) is 25.6 Å². The van der Waals surface area contributed by atoms with Crippen LogP contribution in [0.4, 0.5) is 14.6 Å². The van der Waals surface area contributed by atoms with Gasteiger partial charge in [-0.15, -0.1) is 6.42 Å². The van der Waals surface area contributed by atoms with Crippen molar-refractivity contribution in [2.45, 2.75) is 74.8 Å². The van der Waals surface area contributed by atoms with E-state index in [2.05, 4.69) is 32.1 Å². The monoisotopic (exact) mass is 682 g/mol. The van der Waals surface area contributed by atoms with E-state index in [1.54, 1.807) is 12.1 Å². The summed E-state index contributed by atoms with van der Waals surface area (Å²) in [6, 6.07) is 7.36. The van der Waals surface area contributed by atoms with Gasteiger partial charge in [0.1, 0.15) is 17.2 Å². The maximum Gasteiger partial charge on any atom is 0.319 e. The van der Waals surface area contributed by atoms with Crippen molar-refractivity contribution >= 4 is 16.7 Å². The molecular formula is C38H40F2N6O4. The van der Waals surface area contributed by atoms with Gasteiger partial charge in [-0.25, -0.2) is 8.78 Å². The number of aliphatic hydroxyl groups excluding tert-OH is 1. The Bertz CT molecular complexity index is 1920. The summed E-state index contributed by atoms with van der Waals surface area (Å²) in [5, 5.41) is 25.4. The average Bonchev–Trinajstić information content (AvgIpc) is 3.62. The molecule has 3 aromatic rings. The van der Waals surface area contributed by atoms with E-state index in [0.29, 0.717) is 55.2 Å². The molecule has 2 aliphatic carbocycles. The minimum Gasteiger partial charge on any atom is -0.463 e. The molecule has 2 bridgehead atoms. The Morgan fingerprint density at radius 1 is 1.06 bits per heavy atom. The summed E-state index contributed by atoms with van der Waals surface area (Å²) in [6.07, 6.45) is 9.59. The minimum atomic E-state index is -0.848. The molecule has 9 rings (SSSR count).